The van der Waals surface area contributed by atoms with Crippen LogP contribution in [0.1, 0.15) is 6.42 Å². The van der Waals surface area contributed by atoms with Crippen LogP contribution >= 0.6 is 22.0 Å². The van der Waals surface area contributed by atoms with Crippen molar-refractivity contribution in [3.05, 3.63) is 23.7 Å². The first-order valence-corrected chi connectivity index (χ1v) is 8.77. The number of carbonyl (C=O) groups excluding carboxylic acids is 1. The van der Waals surface area contributed by atoms with E-state index in [1.807, 2.05) is 6.07 Å². The number of halogens is 1. The van der Waals surface area contributed by atoms with E-state index in [0.717, 1.165) is 10.2 Å². The average Bonchev–Trinajstić information content (AvgIpc) is 2.92. The SMILES string of the molecule is O=C1CC(S(=O)(=O)Cl)CN1c1ccc2scnc2c1. The topological polar surface area (TPSA) is 67.3 Å². The molecule has 1 aliphatic rings. The summed E-state index contributed by atoms with van der Waals surface area (Å²) in [5.41, 5.74) is 3.19. The van der Waals surface area contributed by atoms with Crippen LogP contribution < -0.4 is 4.90 Å². The van der Waals surface area contributed by atoms with Crippen molar-refractivity contribution in [2.45, 2.75) is 11.7 Å². The Hall–Kier alpha value is -1.18. The molecule has 1 atom stereocenters. The highest BCUT2D eigenvalue weighted by Crippen LogP contribution is 2.29. The fraction of sp³-hybridized carbons (Fsp3) is 0.273. The van der Waals surface area contributed by atoms with Gasteiger partial charge in [-0.3, -0.25) is 4.79 Å². The summed E-state index contributed by atoms with van der Waals surface area (Å²) >= 11 is 1.51. The Bertz CT molecular complexity index is 756. The van der Waals surface area contributed by atoms with E-state index in [-0.39, 0.29) is 18.9 Å². The zero-order valence-electron chi connectivity index (χ0n) is 9.61. The number of fused-ring (bicyclic) bond motifs is 1. The Morgan fingerprint density at radius 2 is 2.21 bits per heavy atom. The molecule has 0 saturated carbocycles. The van der Waals surface area contributed by atoms with E-state index >= 15 is 0 Å². The maximum Gasteiger partial charge on any atom is 0.237 e. The fourth-order valence-corrected chi connectivity index (χ4v) is 3.81. The van der Waals surface area contributed by atoms with E-state index in [1.54, 1.807) is 17.6 Å². The molecule has 2 heterocycles. The van der Waals surface area contributed by atoms with Crippen molar-refractivity contribution in [1.82, 2.24) is 4.98 Å². The number of hydrogen-bond donors (Lipinski definition) is 0. The first-order chi connectivity index (χ1) is 8.95. The molecule has 2 aromatic rings. The zero-order chi connectivity index (χ0) is 13.6. The lowest BCUT2D eigenvalue weighted by Crippen LogP contribution is -2.26. The third-order valence-electron chi connectivity index (χ3n) is 3.11. The molecule has 1 unspecified atom stereocenters. The molecule has 1 saturated heterocycles. The molecule has 5 nitrogen and oxygen atoms in total. The minimum atomic E-state index is -3.71. The lowest BCUT2D eigenvalue weighted by atomic mass is 10.3. The summed E-state index contributed by atoms with van der Waals surface area (Å²) in [5.74, 6) is -0.233. The van der Waals surface area contributed by atoms with Crippen LogP contribution in [0, 0.1) is 0 Å². The highest BCUT2D eigenvalue weighted by molar-refractivity contribution is 8.14. The molecule has 0 radical (unpaired) electrons. The molecule has 0 spiro atoms. The van der Waals surface area contributed by atoms with Crippen molar-refractivity contribution in [2.75, 3.05) is 11.4 Å². The van der Waals surface area contributed by atoms with Gasteiger partial charge in [0.05, 0.1) is 15.7 Å². The number of anilines is 1. The van der Waals surface area contributed by atoms with Crippen LogP contribution in [0.15, 0.2) is 23.7 Å². The third-order valence-corrected chi connectivity index (χ3v) is 5.79. The van der Waals surface area contributed by atoms with Crippen LogP contribution in [0.4, 0.5) is 5.69 Å². The van der Waals surface area contributed by atoms with E-state index in [2.05, 4.69) is 4.98 Å². The van der Waals surface area contributed by atoms with Crippen LogP contribution in [0.3, 0.4) is 0 Å². The fourth-order valence-electron chi connectivity index (χ4n) is 2.13. The maximum absolute atomic E-state index is 11.9. The Balaban J connectivity index is 1.96. The summed E-state index contributed by atoms with van der Waals surface area (Å²) in [6.45, 7) is 0.0975. The molecule has 1 aromatic heterocycles. The van der Waals surface area contributed by atoms with Gasteiger partial charge in [0, 0.05) is 29.3 Å². The van der Waals surface area contributed by atoms with Crippen LogP contribution in [0.25, 0.3) is 10.2 Å². The number of benzene rings is 1. The second kappa shape index (κ2) is 4.43. The molecule has 1 aliphatic heterocycles. The van der Waals surface area contributed by atoms with E-state index < -0.39 is 14.3 Å². The number of amides is 1. The predicted molar refractivity (Wildman–Crippen MR) is 75.2 cm³/mol. The maximum atomic E-state index is 11.9. The number of carbonyl (C=O) groups is 1. The van der Waals surface area contributed by atoms with Gasteiger partial charge in [0.25, 0.3) is 0 Å². The van der Waals surface area contributed by atoms with Crippen molar-refractivity contribution in [1.29, 1.82) is 0 Å². The molecule has 3 rings (SSSR count). The molecule has 1 fully saturated rings. The van der Waals surface area contributed by atoms with Gasteiger partial charge in [-0.15, -0.1) is 11.3 Å². The van der Waals surface area contributed by atoms with Gasteiger partial charge in [-0.05, 0) is 18.2 Å². The summed E-state index contributed by atoms with van der Waals surface area (Å²) in [6, 6.07) is 5.45. The van der Waals surface area contributed by atoms with Crippen molar-refractivity contribution in [3.8, 4) is 0 Å². The van der Waals surface area contributed by atoms with E-state index in [4.69, 9.17) is 10.7 Å². The van der Waals surface area contributed by atoms with Gasteiger partial charge in [0.15, 0.2) is 0 Å². The largest absolute Gasteiger partial charge is 0.311 e. The minimum Gasteiger partial charge on any atom is -0.311 e. The van der Waals surface area contributed by atoms with Crippen molar-refractivity contribution in [3.63, 3.8) is 0 Å². The molecule has 0 N–H and O–H groups in total. The first kappa shape index (κ1) is 12.8. The monoisotopic (exact) mass is 316 g/mol. The molecule has 0 bridgehead atoms. The molecular weight excluding hydrogens is 308 g/mol. The van der Waals surface area contributed by atoms with Gasteiger partial charge in [-0.25, -0.2) is 13.4 Å². The lowest BCUT2D eigenvalue weighted by Gasteiger charge is -2.15. The van der Waals surface area contributed by atoms with Gasteiger partial charge in [-0.2, -0.15) is 0 Å². The number of nitrogens with zero attached hydrogens (tertiary/aromatic N) is 2. The molecule has 0 aliphatic carbocycles. The van der Waals surface area contributed by atoms with Crippen LogP contribution in [-0.4, -0.2) is 31.1 Å². The molecule has 100 valence electrons. The predicted octanol–water partition coefficient (Wildman–Crippen LogP) is 1.97. The van der Waals surface area contributed by atoms with Crippen LogP contribution in [0.2, 0.25) is 0 Å². The van der Waals surface area contributed by atoms with E-state index in [9.17, 15) is 13.2 Å². The first-order valence-electron chi connectivity index (χ1n) is 5.52. The summed E-state index contributed by atoms with van der Waals surface area (Å²) in [7, 11) is 1.61. The Labute approximate surface area is 118 Å². The van der Waals surface area contributed by atoms with Gasteiger partial charge in [0.1, 0.15) is 5.25 Å². The number of aromatic nitrogens is 1. The van der Waals surface area contributed by atoms with Crippen molar-refractivity contribution < 1.29 is 13.2 Å². The van der Waals surface area contributed by atoms with E-state index in [0.29, 0.717) is 5.69 Å². The van der Waals surface area contributed by atoms with Gasteiger partial charge in [0.2, 0.25) is 15.0 Å². The quantitative estimate of drug-likeness (QED) is 0.794. The summed E-state index contributed by atoms with van der Waals surface area (Å²) in [5, 5.41) is -0.840. The Kier molecular flexibility index (Phi) is 2.99. The highest BCUT2D eigenvalue weighted by atomic mass is 35.7. The normalized spacial score (nSPS) is 20.4. The lowest BCUT2D eigenvalue weighted by molar-refractivity contribution is -0.117. The van der Waals surface area contributed by atoms with Gasteiger partial charge >= 0.3 is 0 Å². The number of rotatable bonds is 2. The average molecular weight is 317 g/mol. The molecular formula is C11H9ClN2O3S2. The van der Waals surface area contributed by atoms with Crippen LogP contribution in [-0.2, 0) is 13.8 Å². The van der Waals surface area contributed by atoms with Crippen molar-refractivity contribution >= 4 is 52.9 Å². The smallest absolute Gasteiger partial charge is 0.237 e. The van der Waals surface area contributed by atoms with Crippen LogP contribution in [0.5, 0.6) is 0 Å². The summed E-state index contributed by atoms with van der Waals surface area (Å²) in [6.07, 6.45) is -0.0685. The van der Waals surface area contributed by atoms with E-state index in [1.165, 1.54) is 16.2 Å². The standard InChI is InChI=1S/C11H9ClN2O3S2/c12-19(16,17)8-4-11(15)14(5-8)7-1-2-10-9(3-7)13-6-18-10/h1-3,6,8H,4-5H2. The van der Waals surface area contributed by atoms with Crippen molar-refractivity contribution in [2.24, 2.45) is 0 Å². The Morgan fingerprint density at radius 1 is 1.42 bits per heavy atom. The summed E-state index contributed by atoms with van der Waals surface area (Å²) < 4.78 is 23.6. The second-order valence-corrected chi connectivity index (χ2v) is 8.11. The Morgan fingerprint density at radius 3 is 2.89 bits per heavy atom. The minimum absolute atomic E-state index is 0.0685. The van der Waals surface area contributed by atoms with Gasteiger partial charge < -0.3 is 4.90 Å². The molecule has 1 amide bonds. The van der Waals surface area contributed by atoms with Gasteiger partial charge in [-0.1, -0.05) is 0 Å². The number of thiazole rings is 1. The molecule has 19 heavy (non-hydrogen) atoms. The molecule has 1 aromatic carbocycles. The molecule has 8 heteroatoms. The number of hydrogen-bond acceptors (Lipinski definition) is 5. The highest BCUT2D eigenvalue weighted by Gasteiger charge is 2.38. The summed E-state index contributed by atoms with van der Waals surface area (Å²) in [4.78, 5) is 17.5. The second-order valence-electron chi connectivity index (χ2n) is 4.31. The zero-order valence-corrected chi connectivity index (χ0v) is 12.0. The third kappa shape index (κ3) is 2.33.